The standard InChI is InChI=1S/C8H14FNO3.C4H11N.C2H4O2.C2H6.CH4O/c1-6-3-7(10(2)5-11)4-8(12-6)13-9;1-4-5(2)3;1-2(3)4;2*1-2/h5-8H,3-4H2,1-2H3;4H2,1-3H3;1H3,(H,3,4);1-2H3;2H,1H3. The molecule has 0 saturated carbocycles. The molecule has 3 atom stereocenters. The number of halogens is 1. The van der Waals surface area contributed by atoms with Gasteiger partial charge in [0.2, 0.25) is 6.41 Å². The van der Waals surface area contributed by atoms with Gasteiger partial charge in [0.25, 0.3) is 5.97 Å². The number of aliphatic hydroxyl groups excluding tert-OH is 1. The minimum Gasteiger partial charge on any atom is -0.481 e. The lowest BCUT2D eigenvalue weighted by Crippen LogP contribution is -2.42. The highest BCUT2D eigenvalue weighted by molar-refractivity contribution is 5.62. The minimum absolute atomic E-state index is 0.00185. The van der Waals surface area contributed by atoms with E-state index >= 15 is 0 Å². The Bertz CT molecular complexity index is 305. The third-order valence-corrected chi connectivity index (χ3v) is 2.93. The number of carbonyl (C=O) groups is 2. The first-order valence-electron chi connectivity index (χ1n) is 8.56. The molecule has 2 N–H and O–H groups in total. The number of carboxylic acid groups (broad SMARTS) is 1. The quantitative estimate of drug-likeness (QED) is 0.714. The zero-order valence-corrected chi connectivity index (χ0v) is 17.7. The van der Waals surface area contributed by atoms with E-state index in [4.69, 9.17) is 19.7 Å². The van der Waals surface area contributed by atoms with E-state index in [0.717, 1.165) is 33.4 Å². The Morgan fingerprint density at radius 1 is 1.27 bits per heavy atom. The van der Waals surface area contributed by atoms with Crippen LogP contribution in [0.2, 0.25) is 0 Å². The number of hydrogen-bond acceptors (Lipinski definition) is 6. The van der Waals surface area contributed by atoms with Gasteiger partial charge in [0.05, 0.1) is 6.10 Å². The van der Waals surface area contributed by atoms with Crippen LogP contribution in [-0.2, 0) is 19.3 Å². The van der Waals surface area contributed by atoms with E-state index in [2.05, 4.69) is 30.9 Å². The third kappa shape index (κ3) is 25.0. The Morgan fingerprint density at radius 2 is 1.65 bits per heavy atom. The summed E-state index contributed by atoms with van der Waals surface area (Å²) in [6.45, 7) is 10.2. The van der Waals surface area contributed by atoms with Crippen molar-refractivity contribution in [3.05, 3.63) is 0 Å². The molecule has 0 spiro atoms. The van der Waals surface area contributed by atoms with Crippen molar-refractivity contribution in [1.82, 2.24) is 9.80 Å². The van der Waals surface area contributed by atoms with Crippen molar-refractivity contribution in [3.8, 4) is 0 Å². The topological polar surface area (TPSA) is 99.5 Å². The molecule has 0 aromatic carbocycles. The Hall–Kier alpha value is -1.29. The number of ether oxygens (including phenoxy) is 1. The molecule has 26 heavy (non-hydrogen) atoms. The first-order chi connectivity index (χ1) is 12.2. The monoisotopic (exact) mass is 386 g/mol. The van der Waals surface area contributed by atoms with Crippen LogP contribution in [0.4, 0.5) is 4.53 Å². The number of aliphatic carboxylic acids is 1. The highest BCUT2D eigenvalue weighted by Gasteiger charge is 2.30. The number of amides is 1. The number of carboxylic acids is 1. The maximum absolute atomic E-state index is 11.9. The molecule has 1 rings (SSSR count). The summed E-state index contributed by atoms with van der Waals surface area (Å²) in [4.78, 5) is 26.7. The number of rotatable bonds is 4. The van der Waals surface area contributed by atoms with Crippen molar-refractivity contribution in [3.63, 3.8) is 0 Å². The Labute approximate surface area is 157 Å². The molecule has 3 unspecified atom stereocenters. The van der Waals surface area contributed by atoms with Crippen LogP contribution in [-0.4, -0.2) is 85.6 Å². The van der Waals surface area contributed by atoms with Gasteiger partial charge in [-0.05, 0) is 38.5 Å². The van der Waals surface area contributed by atoms with Crippen molar-refractivity contribution in [1.29, 1.82) is 0 Å². The second-order valence-electron chi connectivity index (χ2n) is 5.28. The second-order valence-corrected chi connectivity index (χ2v) is 5.28. The van der Waals surface area contributed by atoms with Gasteiger partial charge in [0, 0.05) is 33.5 Å². The summed E-state index contributed by atoms with van der Waals surface area (Å²) in [5.74, 6) is -0.833. The number of hydrogen-bond donors (Lipinski definition) is 2. The van der Waals surface area contributed by atoms with Crippen LogP contribution in [0.25, 0.3) is 0 Å². The molecule has 160 valence electrons. The number of nitrogens with zero attached hydrogens (tertiary/aromatic N) is 2. The minimum atomic E-state index is -0.837. The second kappa shape index (κ2) is 23.7. The van der Waals surface area contributed by atoms with E-state index in [1.165, 1.54) is 4.90 Å². The Balaban J connectivity index is -0.000000155. The molecule has 1 fully saturated rings. The first-order valence-corrected chi connectivity index (χ1v) is 8.56. The van der Waals surface area contributed by atoms with Gasteiger partial charge in [-0.2, -0.15) is 4.94 Å². The molecule has 9 heteroatoms. The lowest BCUT2D eigenvalue weighted by Gasteiger charge is -2.34. The number of aliphatic hydroxyl groups is 1. The molecule has 1 saturated heterocycles. The van der Waals surface area contributed by atoms with E-state index in [0.29, 0.717) is 6.42 Å². The Morgan fingerprint density at radius 3 is 1.92 bits per heavy atom. The highest BCUT2D eigenvalue weighted by Crippen LogP contribution is 2.23. The molecular formula is C17H39FN2O6. The maximum Gasteiger partial charge on any atom is 0.300 e. The van der Waals surface area contributed by atoms with E-state index in [9.17, 15) is 9.32 Å². The molecule has 8 nitrogen and oxygen atoms in total. The molecule has 0 aromatic heterocycles. The molecule has 0 radical (unpaired) electrons. The first kappa shape index (κ1) is 32.4. The third-order valence-electron chi connectivity index (χ3n) is 2.93. The fraction of sp³-hybridized carbons (Fsp3) is 0.882. The smallest absolute Gasteiger partial charge is 0.300 e. The summed E-state index contributed by atoms with van der Waals surface area (Å²) in [6, 6.07) is 0.00185. The van der Waals surface area contributed by atoms with Crippen molar-refractivity contribution in [2.45, 2.75) is 65.9 Å². The predicted molar refractivity (Wildman–Crippen MR) is 100 cm³/mol. The molecule has 1 aliphatic rings. The number of carbonyl (C=O) groups excluding carboxylic acids is 1. The van der Waals surface area contributed by atoms with Gasteiger partial charge in [0.1, 0.15) is 0 Å². The molecule has 0 bridgehead atoms. The summed E-state index contributed by atoms with van der Waals surface area (Å²) < 4.78 is 17.0. The molecule has 0 aliphatic carbocycles. The lowest BCUT2D eigenvalue weighted by atomic mass is 10.0. The van der Waals surface area contributed by atoms with Crippen LogP contribution < -0.4 is 0 Å². The predicted octanol–water partition coefficient (Wildman–Crippen LogP) is 2.16. The van der Waals surface area contributed by atoms with Gasteiger partial charge in [-0.1, -0.05) is 20.8 Å². The highest BCUT2D eigenvalue weighted by atomic mass is 19.3. The summed E-state index contributed by atoms with van der Waals surface area (Å²) in [6.07, 6.45) is 0.918. The van der Waals surface area contributed by atoms with Crippen LogP contribution >= 0.6 is 0 Å². The average Bonchev–Trinajstić information content (AvgIpc) is 2.63. The van der Waals surface area contributed by atoms with Crippen molar-refractivity contribution in [2.24, 2.45) is 0 Å². The van der Waals surface area contributed by atoms with Gasteiger partial charge in [0.15, 0.2) is 6.29 Å². The fourth-order valence-electron chi connectivity index (χ4n) is 1.55. The zero-order valence-electron chi connectivity index (χ0n) is 17.7. The normalized spacial score (nSPS) is 20.4. The SMILES string of the molecule is CC.CC(=O)O.CC1CC(N(C)C=O)CC(OF)O1.CCN(C)C.CO. The van der Waals surface area contributed by atoms with E-state index < -0.39 is 12.3 Å². The van der Waals surface area contributed by atoms with Crippen LogP contribution in [0.1, 0.15) is 47.5 Å². The molecular weight excluding hydrogens is 347 g/mol. The summed E-state index contributed by atoms with van der Waals surface area (Å²) in [5, 5.41) is 14.4. The molecule has 1 heterocycles. The van der Waals surface area contributed by atoms with Gasteiger partial charge < -0.3 is 24.7 Å². The van der Waals surface area contributed by atoms with Crippen molar-refractivity contribution < 1.29 is 34.0 Å². The van der Waals surface area contributed by atoms with Gasteiger partial charge >= 0.3 is 0 Å². The fourth-order valence-corrected chi connectivity index (χ4v) is 1.55. The maximum atomic E-state index is 11.9. The van der Waals surface area contributed by atoms with Gasteiger partial charge in [-0.15, -0.1) is 0 Å². The van der Waals surface area contributed by atoms with Gasteiger partial charge in [-0.25, -0.2) is 0 Å². The molecule has 1 amide bonds. The van der Waals surface area contributed by atoms with E-state index in [-0.39, 0.29) is 12.1 Å². The molecule has 1 aliphatic heterocycles. The van der Waals surface area contributed by atoms with Crippen LogP contribution in [0.5, 0.6) is 0 Å². The van der Waals surface area contributed by atoms with Gasteiger partial charge in [-0.3, -0.25) is 9.59 Å². The van der Waals surface area contributed by atoms with Crippen LogP contribution in [0.3, 0.4) is 0 Å². The summed E-state index contributed by atoms with van der Waals surface area (Å²) in [7, 11) is 6.78. The largest absolute Gasteiger partial charge is 0.481 e. The average molecular weight is 387 g/mol. The summed E-state index contributed by atoms with van der Waals surface area (Å²) in [5.41, 5.74) is 0. The van der Waals surface area contributed by atoms with E-state index in [1.807, 2.05) is 20.8 Å². The van der Waals surface area contributed by atoms with Crippen LogP contribution in [0.15, 0.2) is 0 Å². The lowest BCUT2D eigenvalue weighted by molar-refractivity contribution is -0.303. The summed E-state index contributed by atoms with van der Waals surface area (Å²) >= 11 is 0. The Kier molecular flexibility index (Phi) is 29.5. The zero-order chi connectivity index (χ0) is 21.7. The molecule has 0 aromatic rings. The van der Waals surface area contributed by atoms with E-state index in [1.54, 1.807) is 7.05 Å². The van der Waals surface area contributed by atoms with Crippen molar-refractivity contribution in [2.75, 3.05) is 34.8 Å². The van der Waals surface area contributed by atoms with Crippen LogP contribution in [0, 0.1) is 0 Å². The van der Waals surface area contributed by atoms with Crippen molar-refractivity contribution >= 4 is 12.4 Å².